The minimum Gasteiger partial charge on any atom is -0.469 e. The Balaban J connectivity index is 2.76. The predicted molar refractivity (Wildman–Crippen MR) is 72.4 cm³/mol. The second-order valence-corrected chi connectivity index (χ2v) is 6.61. The van der Waals surface area contributed by atoms with Crippen LogP contribution in [0.4, 0.5) is 0 Å². The van der Waals surface area contributed by atoms with Gasteiger partial charge in [0.05, 0.1) is 17.9 Å². The van der Waals surface area contributed by atoms with E-state index < -0.39 is 15.8 Å². The highest BCUT2D eigenvalue weighted by Crippen LogP contribution is 2.14. The summed E-state index contributed by atoms with van der Waals surface area (Å²) >= 11 is 0. The molecular formula is C13H19NO4S. The Kier molecular flexibility index (Phi) is 5.08. The standard InChI is InChI=1S/C13H19NO4S/c1-9(13(15)18-2)12(14)8-10-4-6-11(7-5-10)19(3,16)17/h4-7,9,12H,8,14H2,1-3H3. The Morgan fingerprint density at radius 1 is 1.32 bits per heavy atom. The first kappa shape index (κ1) is 15.7. The molecule has 1 rings (SSSR count). The SMILES string of the molecule is COC(=O)C(C)C(N)Cc1ccc(S(C)(=O)=O)cc1. The van der Waals surface area contributed by atoms with E-state index in [4.69, 9.17) is 5.73 Å². The fourth-order valence-corrected chi connectivity index (χ4v) is 2.31. The van der Waals surface area contributed by atoms with E-state index in [0.717, 1.165) is 11.8 Å². The zero-order valence-corrected chi connectivity index (χ0v) is 12.1. The van der Waals surface area contributed by atoms with Gasteiger partial charge in [-0.2, -0.15) is 0 Å². The number of hydrogen-bond acceptors (Lipinski definition) is 5. The third-order valence-electron chi connectivity index (χ3n) is 3.04. The molecule has 1 aromatic rings. The fourth-order valence-electron chi connectivity index (χ4n) is 1.68. The van der Waals surface area contributed by atoms with Gasteiger partial charge in [0.15, 0.2) is 9.84 Å². The van der Waals surface area contributed by atoms with Crippen molar-refractivity contribution in [2.75, 3.05) is 13.4 Å². The molecule has 106 valence electrons. The molecule has 19 heavy (non-hydrogen) atoms. The summed E-state index contributed by atoms with van der Waals surface area (Å²) in [4.78, 5) is 11.6. The smallest absolute Gasteiger partial charge is 0.309 e. The normalized spacial score (nSPS) is 14.7. The highest BCUT2D eigenvalue weighted by atomic mass is 32.2. The fraction of sp³-hybridized carbons (Fsp3) is 0.462. The van der Waals surface area contributed by atoms with Crippen LogP contribution in [0.3, 0.4) is 0 Å². The highest BCUT2D eigenvalue weighted by Gasteiger charge is 2.21. The zero-order valence-electron chi connectivity index (χ0n) is 11.3. The maximum Gasteiger partial charge on any atom is 0.309 e. The maximum atomic E-state index is 11.3. The lowest BCUT2D eigenvalue weighted by Crippen LogP contribution is -2.36. The number of benzene rings is 1. The van der Waals surface area contributed by atoms with E-state index in [1.165, 1.54) is 7.11 Å². The van der Waals surface area contributed by atoms with Gasteiger partial charge in [0.25, 0.3) is 0 Å². The Labute approximate surface area is 113 Å². The Hall–Kier alpha value is -1.40. The molecular weight excluding hydrogens is 266 g/mol. The summed E-state index contributed by atoms with van der Waals surface area (Å²) in [5, 5.41) is 0. The Bertz CT molecular complexity index is 536. The van der Waals surface area contributed by atoms with Crippen molar-refractivity contribution in [1.29, 1.82) is 0 Å². The molecule has 0 spiro atoms. The molecule has 1 aromatic carbocycles. The zero-order chi connectivity index (χ0) is 14.6. The molecule has 2 unspecified atom stereocenters. The summed E-state index contributed by atoms with van der Waals surface area (Å²) in [6.45, 7) is 1.71. The second kappa shape index (κ2) is 6.16. The van der Waals surface area contributed by atoms with Crippen molar-refractivity contribution in [1.82, 2.24) is 0 Å². The number of hydrogen-bond donors (Lipinski definition) is 1. The number of methoxy groups -OCH3 is 1. The second-order valence-electron chi connectivity index (χ2n) is 4.60. The molecule has 0 aromatic heterocycles. The van der Waals surface area contributed by atoms with E-state index in [-0.39, 0.29) is 16.9 Å². The van der Waals surface area contributed by atoms with Gasteiger partial charge in [-0.15, -0.1) is 0 Å². The molecule has 0 heterocycles. The number of sulfone groups is 1. The van der Waals surface area contributed by atoms with Crippen molar-refractivity contribution in [2.24, 2.45) is 11.7 Å². The third kappa shape index (κ3) is 4.33. The van der Waals surface area contributed by atoms with Crippen LogP contribution in [-0.2, 0) is 25.8 Å². The van der Waals surface area contributed by atoms with Crippen molar-refractivity contribution in [2.45, 2.75) is 24.3 Å². The van der Waals surface area contributed by atoms with E-state index in [0.29, 0.717) is 6.42 Å². The topological polar surface area (TPSA) is 86.5 Å². The van der Waals surface area contributed by atoms with Crippen LogP contribution in [0.5, 0.6) is 0 Å². The van der Waals surface area contributed by atoms with Gasteiger partial charge in [0, 0.05) is 12.3 Å². The van der Waals surface area contributed by atoms with Crippen LogP contribution in [0.2, 0.25) is 0 Å². The molecule has 0 aliphatic carbocycles. The summed E-state index contributed by atoms with van der Waals surface area (Å²) in [5.74, 6) is -0.750. The first-order chi connectivity index (χ1) is 8.75. The van der Waals surface area contributed by atoms with Gasteiger partial charge < -0.3 is 10.5 Å². The minimum atomic E-state index is -3.19. The van der Waals surface area contributed by atoms with E-state index in [1.54, 1.807) is 31.2 Å². The number of ether oxygens (including phenoxy) is 1. The molecule has 0 amide bonds. The monoisotopic (exact) mass is 285 g/mol. The quantitative estimate of drug-likeness (QED) is 0.807. The van der Waals surface area contributed by atoms with Crippen LogP contribution in [0.25, 0.3) is 0 Å². The molecule has 0 fully saturated rings. The average molecular weight is 285 g/mol. The molecule has 5 nitrogen and oxygen atoms in total. The molecule has 2 N–H and O–H groups in total. The molecule has 0 bridgehead atoms. The van der Waals surface area contributed by atoms with Crippen LogP contribution in [-0.4, -0.2) is 33.8 Å². The molecule has 0 radical (unpaired) electrons. The van der Waals surface area contributed by atoms with Gasteiger partial charge in [0.2, 0.25) is 0 Å². The third-order valence-corrected chi connectivity index (χ3v) is 4.17. The number of nitrogens with two attached hydrogens (primary N) is 1. The summed E-state index contributed by atoms with van der Waals surface area (Å²) in [6, 6.07) is 6.14. The van der Waals surface area contributed by atoms with Gasteiger partial charge in [0.1, 0.15) is 0 Å². The number of carbonyl (C=O) groups is 1. The van der Waals surface area contributed by atoms with Crippen molar-refractivity contribution in [3.8, 4) is 0 Å². The molecule has 6 heteroatoms. The summed E-state index contributed by atoms with van der Waals surface area (Å²) < 4.78 is 27.3. The van der Waals surface area contributed by atoms with Gasteiger partial charge in [-0.3, -0.25) is 4.79 Å². The first-order valence-corrected chi connectivity index (χ1v) is 7.77. The average Bonchev–Trinajstić information content (AvgIpc) is 2.36. The number of rotatable bonds is 5. The van der Waals surface area contributed by atoms with E-state index in [9.17, 15) is 13.2 Å². The number of carbonyl (C=O) groups excluding carboxylic acids is 1. The van der Waals surface area contributed by atoms with Crippen LogP contribution in [0, 0.1) is 5.92 Å². The first-order valence-electron chi connectivity index (χ1n) is 5.88. The van der Waals surface area contributed by atoms with Gasteiger partial charge >= 0.3 is 5.97 Å². The largest absolute Gasteiger partial charge is 0.469 e. The van der Waals surface area contributed by atoms with Gasteiger partial charge in [-0.1, -0.05) is 19.1 Å². The lowest BCUT2D eigenvalue weighted by molar-refractivity contribution is -0.145. The lowest BCUT2D eigenvalue weighted by Gasteiger charge is -2.17. The van der Waals surface area contributed by atoms with Gasteiger partial charge in [-0.25, -0.2) is 8.42 Å². The molecule has 0 saturated heterocycles. The molecule has 0 saturated carbocycles. The minimum absolute atomic E-state index is 0.269. The Morgan fingerprint density at radius 3 is 2.26 bits per heavy atom. The van der Waals surface area contributed by atoms with Crippen LogP contribution in [0.1, 0.15) is 12.5 Å². The van der Waals surface area contributed by atoms with Crippen molar-refractivity contribution >= 4 is 15.8 Å². The van der Waals surface area contributed by atoms with E-state index >= 15 is 0 Å². The Morgan fingerprint density at radius 2 is 1.84 bits per heavy atom. The predicted octanol–water partition coefficient (Wildman–Crippen LogP) is 0.769. The van der Waals surface area contributed by atoms with Crippen LogP contribution in [0.15, 0.2) is 29.2 Å². The molecule has 0 aliphatic rings. The van der Waals surface area contributed by atoms with Crippen LogP contribution >= 0.6 is 0 Å². The molecule has 0 aliphatic heterocycles. The summed E-state index contributed by atoms with van der Waals surface area (Å²) in [6.07, 6.45) is 1.65. The van der Waals surface area contributed by atoms with E-state index in [1.807, 2.05) is 0 Å². The van der Waals surface area contributed by atoms with Gasteiger partial charge in [-0.05, 0) is 24.1 Å². The van der Waals surface area contributed by atoms with Crippen molar-refractivity contribution in [3.05, 3.63) is 29.8 Å². The maximum absolute atomic E-state index is 11.3. The lowest BCUT2D eigenvalue weighted by atomic mass is 9.96. The van der Waals surface area contributed by atoms with Crippen molar-refractivity contribution < 1.29 is 17.9 Å². The highest BCUT2D eigenvalue weighted by molar-refractivity contribution is 7.90. The summed E-state index contributed by atoms with van der Waals surface area (Å²) in [5.41, 5.74) is 6.82. The van der Waals surface area contributed by atoms with Crippen LogP contribution < -0.4 is 5.73 Å². The van der Waals surface area contributed by atoms with Crippen molar-refractivity contribution in [3.63, 3.8) is 0 Å². The van der Waals surface area contributed by atoms with E-state index in [2.05, 4.69) is 4.74 Å². The number of esters is 1. The molecule has 2 atom stereocenters. The summed E-state index contributed by atoms with van der Waals surface area (Å²) in [7, 11) is -1.86.